The molecule has 36 valence electrons. The minimum absolute atomic E-state index is 0.990. The molecule has 0 N–H and O–H groups in total. The van der Waals surface area contributed by atoms with Crippen LogP contribution in [0.2, 0.25) is 0 Å². The summed E-state index contributed by atoms with van der Waals surface area (Å²) in [5.41, 5.74) is 1.09. The van der Waals surface area contributed by atoms with E-state index in [1.54, 1.807) is 0 Å². The number of hydrogen-bond acceptors (Lipinski definition) is 1. The van der Waals surface area contributed by atoms with Gasteiger partial charge >= 0.3 is 73.1 Å². The molecule has 0 aliphatic heterocycles. The normalized spacial score (nSPS) is 8.75. The predicted octanol–water partition coefficient (Wildman–Crippen LogP) is 1.67. The SMILES string of the molecule is [Ca]=[N]c1ccccc1. The van der Waals surface area contributed by atoms with E-state index >= 15 is 0 Å². The molecule has 0 spiro atoms. The molecular formula is C6H5CaN. The van der Waals surface area contributed by atoms with Gasteiger partial charge in [0.05, 0.1) is 0 Å². The van der Waals surface area contributed by atoms with E-state index in [4.69, 9.17) is 0 Å². The van der Waals surface area contributed by atoms with E-state index in [2.05, 4.69) is 1.40 Å². The van der Waals surface area contributed by atoms with Crippen molar-refractivity contribution in [3.8, 4) is 0 Å². The summed E-state index contributed by atoms with van der Waals surface area (Å²) in [6, 6.07) is 9.99. The Morgan fingerprint density at radius 2 is 1.75 bits per heavy atom. The molecule has 0 aliphatic carbocycles. The number of benzene rings is 1. The van der Waals surface area contributed by atoms with E-state index in [1.165, 1.54) is 0 Å². The van der Waals surface area contributed by atoms with Gasteiger partial charge in [0, 0.05) is 0 Å². The standard InChI is InChI=1S/C6H5N.Ca/c7-6-4-2-1-3-5-6;/h1-5H;. The van der Waals surface area contributed by atoms with Crippen molar-refractivity contribution in [3.63, 3.8) is 0 Å². The van der Waals surface area contributed by atoms with Gasteiger partial charge in [-0.15, -0.1) is 0 Å². The van der Waals surface area contributed by atoms with Crippen molar-refractivity contribution < 1.29 is 0 Å². The Hall–Kier alpha value is 0.280. The van der Waals surface area contributed by atoms with Crippen molar-refractivity contribution >= 4 is 41.4 Å². The van der Waals surface area contributed by atoms with Gasteiger partial charge in [-0.1, -0.05) is 0 Å². The summed E-state index contributed by atoms with van der Waals surface area (Å²) in [7, 11) is 0. The maximum absolute atomic E-state index is 4.10. The van der Waals surface area contributed by atoms with E-state index in [9.17, 15) is 0 Å². The Morgan fingerprint density at radius 3 is 2.12 bits per heavy atom. The van der Waals surface area contributed by atoms with Gasteiger partial charge in [0.1, 0.15) is 0 Å². The van der Waals surface area contributed by atoms with Crippen LogP contribution in [0.15, 0.2) is 31.7 Å². The molecule has 0 bridgehead atoms. The third-order valence-electron chi connectivity index (χ3n) is 0.939. The van der Waals surface area contributed by atoms with E-state index in [-0.39, 0.29) is 0 Å². The molecule has 0 saturated carbocycles. The summed E-state index contributed by atoms with van der Waals surface area (Å²) in [5, 5.41) is 0. The van der Waals surface area contributed by atoms with Crippen LogP contribution in [0, 0.1) is 0 Å². The maximum atomic E-state index is 4.10. The fourth-order valence-corrected chi connectivity index (χ4v) is 0.863. The van der Waals surface area contributed by atoms with Crippen LogP contribution in [0.25, 0.3) is 0 Å². The topological polar surface area (TPSA) is 12.4 Å². The Labute approximate surface area is 72.5 Å². The monoisotopic (exact) mass is 131 g/mol. The molecule has 1 nitrogen and oxygen atoms in total. The quantitative estimate of drug-likeness (QED) is 0.514. The molecule has 0 aromatic heterocycles. The first kappa shape index (κ1) is 6.40. The average molecular weight is 131 g/mol. The van der Waals surface area contributed by atoms with Gasteiger partial charge in [-0.05, 0) is 0 Å². The Kier molecular flexibility index (Phi) is 2.67. The first-order valence-corrected chi connectivity index (χ1v) is 3.44. The van der Waals surface area contributed by atoms with E-state index in [1.807, 2.05) is 30.3 Å². The third kappa shape index (κ3) is 1.66. The van der Waals surface area contributed by atoms with Crippen molar-refractivity contribution in [2.75, 3.05) is 0 Å². The molecule has 0 saturated heterocycles. The Bertz CT molecular complexity index is 171. The summed E-state index contributed by atoms with van der Waals surface area (Å²) >= 11 is 0.990. The van der Waals surface area contributed by atoms with Crippen molar-refractivity contribution in [1.29, 1.82) is 0 Å². The first-order valence-electron chi connectivity index (χ1n) is 2.45. The number of rotatable bonds is 1. The summed E-state index contributed by atoms with van der Waals surface area (Å²) in [5.74, 6) is 0. The van der Waals surface area contributed by atoms with Crippen LogP contribution in [0.4, 0.5) is 5.69 Å². The molecule has 1 aromatic carbocycles. The van der Waals surface area contributed by atoms with Gasteiger partial charge in [0.25, 0.3) is 0 Å². The molecule has 0 fully saturated rings. The molecule has 1 rings (SSSR count). The minimum atomic E-state index is 0.990. The zero-order valence-electron chi connectivity index (χ0n) is 4.54. The Morgan fingerprint density at radius 1 is 1.12 bits per heavy atom. The van der Waals surface area contributed by atoms with E-state index < -0.39 is 0 Å². The number of hydrogen-bond donors (Lipinski definition) is 0. The fourth-order valence-electron chi connectivity index (χ4n) is 0.533. The zero-order chi connectivity index (χ0) is 5.82. The van der Waals surface area contributed by atoms with Crippen molar-refractivity contribution in [2.24, 2.45) is 1.40 Å². The summed E-state index contributed by atoms with van der Waals surface area (Å²) in [6.07, 6.45) is 0. The molecule has 0 atom stereocenters. The van der Waals surface area contributed by atoms with Crippen LogP contribution in [0.1, 0.15) is 0 Å². The molecule has 2 heteroatoms. The second kappa shape index (κ2) is 3.33. The average Bonchev–Trinajstić information content (AvgIpc) is 1.90. The fraction of sp³-hybridized carbons (Fsp3) is 0. The van der Waals surface area contributed by atoms with Crippen molar-refractivity contribution in [1.82, 2.24) is 0 Å². The van der Waals surface area contributed by atoms with Crippen molar-refractivity contribution in [2.45, 2.75) is 0 Å². The molecule has 0 amide bonds. The zero-order valence-corrected chi connectivity index (χ0v) is 6.75. The van der Waals surface area contributed by atoms with Gasteiger partial charge in [-0.25, -0.2) is 0 Å². The molecule has 0 unspecified atom stereocenters. The van der Waals surface area contributed by atoms with Crippen molar-refractivity contribution in [3.05, 3.63) is 30.3 Å². The summed E-state index contributed by atoms with van der Waals surface area (Å²) in [6.45, 7) is 0. The van der Waals surface area contributed by atoms with Crippen LogP contribution in [0.3, 0.4) is 0 Å². The van der Waals surface area contributed by atoms with Gasteiger partial charge in [-0.3, -0.25) is 0 Å². The molecular weight excluding hydrogens is 126 g/mol. The third-order valence-corrected chi connectivity index (χ3v) is 1.51. The van der Waals surface area contributed by atoms with E-state index in [0.29, 0.717) is 0 Å². The first-order chi connectivity index (χ1) is 3.93. The molecule has 0 heterocycles. The van der Waals surface area contributed by atoms with E-state index in [0.717, 1.165) is 41.4 Å². The van der Waals surface area contributed by atoms with Crippen LogP contribution < -0.4 is 0 Å². The summed E-state index contributed by atoms with van der Waals surface area (Å²) in [4.78, 5) is 0. The van der Waals surface area contributed by atoms with Crippen LogP contribution in [0.5, 0.6) is 0 Å². The van der Waals surface area contributed by atoms with Crippen LogP contribution in [-0.4, -0.2) is 35.7 Å². The number of nitrogens with zero attached hydrogens (tertiary/aromatic N) is 1. The van der Waals surface area contributed by atoms with Gasteiger partial charge in [-0.2, -0.15) is 0 Å². The van der Waals surface area contributed by atoms with Crippen LogP contribution in [-0.2, 0) is 0 Å². The van der Waals surface area contributed by atoms with Gasteiger partial charge in [0.2, 0.25) is 0 Å². The second-order valence-corrected chi connectivity index (χ2v) is 1.99. The molecule has 0 aliphatic rings. The molecule has 1 aromatic rings. The Balaban J connectivity index is 2.99. The van der Waals surface area contributed by atoms with Crippen LogP contribution >= 0.6 is 0 Å². The van der Waals surface area contributed by atoms with Gasteiger partial charge in [0.15, 0.2) is 0 Å². The molecule has 0 radical (unpaired) electrons. The molecule has 8 heavy (non-hydrogen) atoms. The van der Waals surface area contributed by atoms with Gasteiger partial charge < -0.3 is 0 Å². The second-order valence-electron chi connectivity index (χ2n) is 1.49. The predicted molar refractivity (Wildman–Crippen MR) is 34.3 cm³/mol. The summed E-state index contributed by atoms with van der Waals surface area (Å²) < 4.78 is 4.10.